The number of ether oxygens (including phenoxy) is 1. The highest BCUT2D eigenvalue weighted by Gasteiger charge is 2.59. The molecule has 2 bridgehead atoms. The Morgan fingerprint density at radius 3 is 2.38 bits per heavy atom. The van der Waals surface area contributed by atoms with E-state index in [1.807, 2.05) is 0 Å². The number of rotatable bonds is 4. The SMILES string of the molecule is COc1cccc(NC(=O)c2ccccc2N2C(=O)[C@@H]3[C@H](C2=O)[C@@H]2C=C[C@@H]3C2)c1. The lowest BCUT2D eigenvalue weighted by molar-refractivity contribution is -0.123. The first-order valence-electron chi connectivity index (χ1n) is 9.69. The van der Waals surface area contributed by atoms with Crippen LogP contribution in [0.25, 0.3) is 0 Å². The van der Waals surface area contributed by atoms with Gasteiger partial charge in [0, 0.05) is 11.8 Å². The summed E-state index contributed by atoms with van der Waals surface area (Å²) >= 11 is 0. The fraction of sp³-hybridized carbons (Fsp3) is 0.261. The van der Waals surface area contributed by atoms with E-state index in [4.69, 9.17) is 4.74 Å². The van der Waals surface area contributed by atoms with E-state index in [1.165, 1.54) is 4.90 Å². The van der Waals surface area contributed by atoms with Gasteiger partial charge in [0.2, 0.25) is 11.8 Å². The van der Waals surface area contributed by atoms with Gasteiger partial charge in [-0.1, -0.05) is 30.4 Å². The minimum Gasteiger partial charge on any atom is -0.497 e. The number of nitrogens with one attached hydrogen (secondary N) is 1. The van der Waals surface area contributed by atoms with Gasteiger partial charge in [-0.05, 0) is 42.5 Å². The molecule has 0 radical (unpaired) electrons. The number of anilines is 2. The molecule has 6 heteroatoms. The van der Waals surface area contributed by atoms with Gasteiger partial charge in [0.25, 0.3) is 5.91 Å². The van der Waals surface area contributed by atoms with Gasteiger partial charge in [-0.3, -0.25) is 14.4 Å². The van der Waals surface area contributed by atoms with Gasteiger partial charge in [-0.25, -0.2) is 4.90 Å². The Morgan fingerprint density at radius 1 is 1.00 bits per heavy atom. The maximum atomic E-state index is 13.1. The molecule has 3 aliphatic rings. The van der Waals surface area contributed by atoms with E-state index in [1.54, 1.807) is 55.6 Å². The molecule has 146 valence electrons. The number of carbonyl (C=O) groups excluding carboxylic acids is 3. The monoisotopic (exact) mass is 388 g/mol. The molecule has 4 atom stereocenters. The van der Waals surface area contributed by atoms with Crippen molar-refractivity contribution in [3.8, 4) is 5.75 Å². The largest absolute Gasteiger partial charge is 0.497 e. The maximum Gasteiger partial charge on any atom is 0.257 e. The zero-order chi connectivity index (χ0) is 20.1. The lowest BCUT2D eigenvalue weighted by Gasteiger charge is -2.20. The maximum absolute atomic E-state index is 13.1. The number of allylic oxidation sites excluding steroid dienone is 2. The Labute approximate surface area is 168 Å². The summed E-state index contributed by atoms with van der Waals surface area (Å²) in [4.78, 5) is 40.5. The molecule has 1 N–H and O–H groups in total. The molecule has 2 aliphatic carbocycles. The van der Waals surface area contributed by atoms with Crippen LogP contribution in [0.4, 0.5) is 11.4 Å². The third-order valence-electron chi connectivity index (χ3n) is 6.19. The second kappa shape index (κ2) is 6.58. The standard InChI is InChI=1S/C23H20N2O4/c1-29-16-6-4-5-15(12-16)24-21(26)17-7-2-3-8-18(17)25-22(27)19-13-9-10-14(11-13)20(19)23(25)28/h2-10,12-14,19-20H,11H2,1H3,(H,24,26)/t13-,14-,19-,20+/m1/s1. The Morgan fingerprint density at radius 2 is 1.69 bits per heavy atom. The van der Waals surface area contributed by atoms with Gasteiger partial charge in [0.15, 0.2) is 0 Å². The predicted molar refractivity (Wildman–Crippen MR) is 108 cm³/mol. The number of nitrogens with zero attached hydrogens (tertiary/aromatic N) is 1. The van der Waals surface area contributed by atoms with Crippen molar-refractivity contribution < 1.29 is 19.1 Å². The van der Waals surface area contributed by atoms with Crippen LogP contribution >= 0.6 is 0 Å². The van der Waals surface area contributed by atoms with E-state index in [-0.39, 0.29) is 47.0 Å². The third-order valence-corrected chi connectivity index (χ3v) is 6.19. The molecule has 2 fully saturated rings. The predicted octanol–water partition coefficient (Wildman–Crippen LogP) is 3.26. The van der Waals surface area contributed by atoms with E-state index >= 15 is 0 Å². The Bertz CT molecular complexity index is 1030. The Kier molecular flexibility index (Phi) is 4.01. The number of amides is 3. The lowest BCUT2D eigenvalue weighted by Crippen LogP contribution is -2.34. The van der Waals surface area contributed by atoms with Gasteiger partial charge in [0.05, 0.1) is 30.2 Å². The minimum absolute atomic E-state index is 0.129. The van der Waals surface area contributed by atoms with Crippen molar-refractivity contribution in [2.75, 3.05) is 17.3 Å². The van der Waals surface area contributed by atoms with Crippen LogP contribution in [-0.2, 0) is 9.59 Å². The summed E-state index contributed by atoms with van der Waals surface area (Å²) in [5, 5.41) is 2.83. The van der Waals surface area contributed by atoms with E-state index in [0.29, 0.717) is 17.1 Å². The van der Waals surface area contributed by atoms with Crippen molar-refractivity contribution in [1.29, 1.82) is 0 Å². The molecule has 0 spiro atoms. The van der Waals surface area contributed by atoms with Gasteiger partial charge >= 0.3 is 0 Å². The molecule has 5 rings (SSSR count). The topological polar surface area (TPSA) is 75.7 Å². The summed E-state index contributed by atoms with van der Waals surface area (Å²) in [6.45, 7) is 0. The van der Waals surface area contributed by atoms with Crippen molar-refractivity contribution >= 4 is 29.1 Å². The zero-order valence-electron chi connectivity index (χ0n) is 15.9. The summed E-state index contributed by atoms with van der Waals surface area (Å²) in [5.41, 5.74) is 1.20. The molecule has 6 nitrogen and oxygen atoms in total. The number of hydrogen-bond acceptors (Lipinski definition) is 4. The highest BCUT2D eigenvalue weighted by molar-refractivity contribution is 6.25. The van der Waals surface area contributed by atoms with Crippen molar-refractivity contribution in [3.63, 3.8) is 0 Å². The first-order chi connectivity index (χ1) is 14.1. The summed E-state index contributed by atoms with van der Waals surface area (Å²) in [6.07, 6.45) is 4.99. The van der Waals surface area contributed by atoms with Crippen molar-refractivity contribution in [2.24, 2.45) is 23.7 Å². The van der Waals surface area contributed by atoms with Crippen molar-refractivity contribution in [3.05, 3.63) is 66.2 Å². The van der Waals surface area contributed by atoms with Gasteiger partial charge in [-0.2, -0.15) is 0 Å². The number of para-hydroxylation sites is 1. The number of fused-ring (bicyclic) bond motifs is 5. The average molecular weight is 388 g/mol. The Balaban J connectivity index is 1.46. The smallest absolute Gasteiger partial charge is 0.257 e. The molecule has 0 unspecified atom stereocenters. The molecular formula is C23H20N2O4. The number of benzene rings is 2. The molecule has 1 aliphatic heterocycles. The van der Waals surface area contributed by atoms with Crippen LogP contribution in [-0.4, -0.2) is 24.8 Å². The Hall–Kier alpha value is -3.41. The summed E-state index contributed by atoms with van der Waals surface area (Å²) in [5.74, 6) is -0.492. The molecule has 2 aromatic rings. The van der Waals surface area contributed by atoms with E-state index < -0.39 is 0 Å². The van der Waals surface area contributed by atoms with Crippen molar-refractivity contribution in [1.82, 2.24) is 0 Å². The first-order valence-corrected chi connectivity index (χ1v) is 9.69. The van der Waals surface area contributed by atoms with Crippen molar-refractivity contribution in [2.45, 2.75) is 6.42 Å². The van der Waals surface area contributed by atoms with Gasteiger partial charge in [0.1, 0.15) is 5.75 Å². The fourth-order valence-corrected chi connectivity index (χ4v) is 4.90. The molecule has 29 heavy (non-hydrogen) atoms. The quantitative estimate of drug-likeness (QED) is 0.644. The molecule has 0 aromatic heterocycles. The minimum atomic E-state index is -0.382. The van der Waals surface area contributed by atoms with E-state index in [0.717, 1.165) is 6.42 Å². The van der Waals surface area contributed by atoms with Gasteiger partial charge < -0.3 is 10.1 Å². The molecule has 2 aromatic carbocycles. The van der Waals surface area contributed by atoms with Gasteiger partial charge in [-0.15, -0.1) is 0 Å². The first kappa shape index (κ1) is 17.7. The number of carbonyl (C=O) groups is 3. The van der Waals surface area contributed by atoms with Crippen LogP contribution in [0, 0.1) is 23.7 Å². The van der Waals surface area contributed by atoms with Crippen LogP contribution < -0.4 is 15.0 Å². The van der Waals surface area contributed by atoms with Crippen LogP contribution in [0.1, 0.15) is 16.8 Å². The molecular weight excluding hydrogens is 368 g/mol. The lowest BCUT2D eigenvalue weighted by atomic mass is 9.85. The molecule has 1 heterocycles. The fourth-order valence-electron chi connectivity index (χ4n) is 4.90. The van der Waals surface area contributed by atoms with Crippen LogP contribution in [0.5, 0.6) is 5.75 Å². The van der Waals surface area contributed by atoms with Crippen LogP contribution in [0.15, 0.2) is 60.7 Å². The van der Waals surface area contributed by atoms with E-state index in [2.05, 4.69) is 17.5 Å². The second-order valence-electron chi connectivity index (χ2n) is 7.71. The zero-order valence-corrected chi connectivity index (χ0v) is 15.9. The number of hydrogen-bond donors (Lipinski definition) is 1. The van der Waals surface area contributed by atoms with E-state index in [9.17, 15) is 14.4 Å². The number of imide groups is 1. The normalized spacial score (nSPS) is 26.7. The van der Waals surface area contributed by atoms with Crippen LogP contribution in [0.2, 0.25) is 0 Å². The highest BCUT2D eigenvalue weighted by atomic mass is 16.5. The average Bonchev–Trinajstić information content (AvgIpc) is 3.42. The summed E-state index contributed by atoms with van der Waals surface area (Å²) in [6, 6.07) is 13.8. The highest BCUT2D eigenvalue weighted by Crippen LogP contribution is 2.53. The number of methoxy groups -OCH3 is 1. The van der Waals surface area contributed by atoms with Crippen LogP contribution in [0.3, 0.4) is 0 Å². The summed E-state index contributed by atoms with van der Waals surface area (Å²) < 4.78 is 5.19. The third kappa shape index (κ3) is 2.67. The molecule has 3 amide bonds. The molecule has 1 saturated heterocycles. The summed E-state index contributed by atoms with van der Waals surface area (Å²) in [7, 11) is 1.56. The second-order valence-corrected chi connectivity index (χ2v) is 7.71. The molecule has 1 saturated carbocycles.